The highest BCUT2D eigenvalue weighted by Gasteiger charge is 1.96. The van der Waals surface area contributed by atoms with Crippen molar-refractivity contribution in [2.24, 2.45) is 0 Å². The lowest BCUT2D eigenvalue weighted by molar-refractivity contribution is 0.630. The van der Waals surface area contributed by atoms with E-state index in [1.54, 1.807) is 0 Å². The first-order chi connectivity index (χ1) is 8.24. The molecule has 0 aliphatic carbocycles. The van der Waals surface area contributed by atoms with E-state index in [4.69, 9.17) is 6.42 Å². The van der Waals surface area contributed by atoms with Gasteiger partial charge in [-0.15, -0.1) is 12.3 Å². The Morgan fingerprint density at radius 3 is 2.47 bits per heavy atom. The number of hydrogen-bond acceptors (Lipinski definition) is 2. The van der Waals surface area contributed by atoms with E-state index in [-0.39, 0.29) is 0 Å². The van der Waals surface area contributed by atoms with Crippen molar-refractivity contribution in [1.29, 1.82) is 0 Å². The third kappa shape index (κ3) is 5.42. The van der Waals surface area contributed by atoms with E-state index in [1.807, 2.05) is 0 Å². The van der Waals surface area contributed by atoms with E-state index in [9.17, 15) is 0 Å². The van der Waals surface area contributed by atoms with Crippen LogP contribution >= 0.6 is 0 Å². The number of nitrogens with zero attached hydrogens (tertiary/aromatic N) is 1. The Balaban J connectivity index is 2.21. The zero-order valence-electron chi connectivity index (χ0n) is 10.9. The molecule has 0 amide bonds. The lowest BCUT2D eigenvalue weighted by Gasteiger charge is -2.12. The van der Waals surface area contributed by atoms with Gasteiger partial charge >= 0.3 is 0 Å². The van der Waals surface area contributed by atoms with Crippen LogP contribution < -0.4 is 10.2 Å². The molecule has 2 nitrogen and oxygen atoms in total. The summed E-state index contributed by atoms with van der Waals surface area (Å²) in [7, 11) is 4.11. The highest BCUT2D eigenvalue weighted by molar-refractivity contribution is 5.45. The molecular formula is C15H22N2. The predicted molar refractivity (Wildman–Crippen MR) is 75.2 cm³/mol. The molecule has 0 saturated carbocycles. The van der Waals surface area contributed by atoms with Crippen molar-refractivity contribution < 1.29 is 0 Å². The molecule has 0 radical (unpaired) electrons. The van der Waals surface area contributed by atoms with Crippen molar-refractivity contribution in [3.8, 4) is 12.3 Å². The Kier molecular flexibility index (Phi) is 6.21. The Labute approximate surface area is 105 Å². The standard InChI is InChI=1S/C15H22N2/c1-4-5-6-7-12-16-13-14-8-10-15(11-9-14)17(2)3/h1,8-11,16H,5-7,12-13H2,2-3H3. The van der Waals surface area contributed by atoms with Gasteiger partial charge in [-0.3, -0.25) is 0 Å². The highest BCUT2D eigenvalue weighted by Crippen LogP contribution is 2.11. The van der Waals surface area contributed by atoms with Crippen molar-refractivity contribution in [3.05, 3.63) is 29.8 Å². The van der Waals surface area contributed by atoms with Crippen LogP contribution in [-0.2, 0) is 6.54 Å². The van der Waals surface area contributed by atoms with Crippen LogP contribution in [0.3, 0.4) is 0 Å². The summed E-state index contributed by atoms with van der Waals surface area (Å²) in [4.78, 5) is 2.11. The minimum Gasteiger partial charge on any atom is -0.378 e. The molecule has 0 aliphatic heterocycles. The van der Waals surface area contributed by atoms with Crippen molar-refractivity contribution in [1.82, 2.24) is 5.32 Å². The van der Waals surface area contributed by atoms with Crippen LogP contribution in [0.5, 0.6) is 0 Å². The van der Waals surface area contributed by atoms with Gasteiger partial charge in [0, 0.05) is 32.7 Å². The molecule has 0 spiro atoms. The third-order valence-electron chi connectivity index (χ3n) is 2.71. The normalized spacial score (nSPS) is 9.94. The average Bonchev–Trinajstić information content (AvgIpc) is 2.34. The van der Waals surface area contributed by atoms with Crippen LogP contribution in [0.1, 0.15) is 24.8 Å². The molecule has 1 aromatic carbocycles. The molecule has 0 fully saturated rings. The summed E-state index contributed by atoms with van der Waals surface area (Å²) >= 11 is 0. The van der Waals surface area contributed by atoms with Crippen LogP contribution in [-0.4, -0.2) is 20.6 Å². The molecular weight excluding hydrogens is 208 g/mol. The minimum absolute atomic E-state index is 0.888. The maximum absolute atomic E-state index is 5.20. The molecule has 1 aromatic rings. The predicted octanol–water partition coefficient (Wildman–Crippen LogP) is 2.65. The van der Waals surface area contributed by atoms with Gasteiger partial charge in [-0.25, -0.2) is 0 Å². The van der Waals surface area contributed by atoms with Crippen LogP contribution in [0.2, 0.25) is 0 Å². The van der Waals surface area contributed by atoms with Gasteiger partial charge in [-0.2, -0.15) is 0 Å². The molecule has 1 rings (SSSR count). The smallest absolute Gasteiger partial charge is 0.0361 e. The van der Waals surface area contributed by atoms with Gasteiger partial charge in [0.15, 0.2) is 0 Å². The zero-order chi connectivity index (χ0) is 12.5. The molecule has 2 heteroatoms. The zero-order valence-corrected chi connectivity index (χ0v) is 10.9. The van der Waals surface area contributed by atoms with E-state index in [0.29, 0.717) is 0 Å². The summed E-state index contributed by atoms with van der Waals surface area (Å²) in [5.41, 5.74) is 2.57. The van der Waals surface area contributed by atoms with Gasteiger partial charge in [0.05, 0.1) is 0 Å². The lowest BCUT2D eigenvalue weighted by atomic mass is 10.2. The maximum atomic E-state index is 5.20. The monoisotopic (exact) mass is 230 g/mol. The van der Waals surface area contributed by atoms with Crippen LogP contribution in [0.15, 0.2) is 24.3 Å². The number of rotatable bonds is 7. The van der Waals surface area contributed by atoms with E-state index < -0.39 is 0 Å². The highest BCUT2D eigenvalue weighted by atomic mass is 15.1. The SMILES string of the molecule is C#CCCCCNCc1ccc(N(C)C)cc1. The summed E-state index contributed by atoms with van der Waals surface area (Å²) in [6, 6.07) is 8.64. The molecule has 17 heavy (non-hydrogen) atoms. The Bertz CT molecular complexity index is 346. The Hall–Kier alpha value is -1.46. The average molecular weight is 230 g/mol. The van der Waals surface area contributed by atoms with E-state index in [2.05, 4.69) is 54.5 Å². The second kappa shape index (κ2) is 7.76. The van der Waals surface area contributed by atoms with Gasteiger partial charge in [0.1, 0.15) is 0 Å². The molecule has 0 aromatic heterocycles. The summed E-state index contributed by atoms with van der Waals surface area (Å²) < 4.78 is 0. The molecule has 0 heterocycles. The van der Waals surface area contributed by atoms with Crippen molar-refractivity contribution in [2.45, 2.75) is 25.8 Å². The fourth-order valence-electron chi connectivity index (χ4n) is 1.62. The van der Waals surface area contributed by atoms with Gasteiger partial charge in [-0.1, -0.05) is 12.1 Å². The van der Waals surface area contributed by atoms with Crippen molar-refractivity contribution in [3.63, 3.8) is 0 Å². The first kappa shape index (κ1) is 13.6. The van der Waals surface area contributed by atoms with Gasteiger partial charge in [0.25, 0.3) is 0 Å². The van der Waals surface area contributed by atoms with Gasteiger partial charge in [-0.05, 0) is 37.1 Å². The fourth-order valence-corrected chi connectivity index (χ4v) is 1.62. The number of nitrogens with one attached hydrogen (secondary N) is 1. The number of terminal acetylenes is 1. The van der Waals surface area contributed by atoms with Gasteiger partial charge < -0.3 is 10.2 Å². The Morgan fingerprint density at radius 1 is 1.18 bits per heavy atom. The lowest BCUT2D eigenvalue weighted by Crippen LogP contribution is -2.15. The first-order valence-electron chi connectivity index (χ1n) is 6.14. The first-order valence-corrected chi connectivity index (χ1v) is 6.14. The molecule has 0 aliphatic rings. The summed E-state index contributed by atoms with van der Waals surface area (Å²) in [6.07, 6.45) is 8.35. The number of unbranched alkanes of at least 4 members (excludes halogenated alkanes) is 2. The summed E-state index contributed by atoms with van der Waals surface area (Å²) in [6.45, 7) is 1.97. The summed E-state index contributed by atoms with van der Waals surface area (Å²) in [5.74, 6) is 2.66. The molecule has 0 bridgehead atoms. The number of hydrogen-bond donors (Lipinski definition) is 1. The van der Waals surface area contributed by atoms with Crippen LogP contribution in [0, 0.1) is 12.3 Å². The van der Waals surface area contributed by atoms with E-state index in [0.717, 1.165) is 32.4 Å². The third-order valence-corrected chi connectivity index (χ3v) is 2.71. The summed E-state index contributed by atoms with van der Waals surface area (Å²) in [5, 5.41) is 3.43. The molecule has 92 valence electrons. The second-order valence-electron chi connectivity index (χ2n) is 4.40. The number of anilines is 1. The Morgan fingerprint density at radius 2 is 1.88 bits per heavy atom. The van der Waals surface area contributed by atoms with Crippen molar-refractivity contribution in [2.75, 3.05) is 25.5 Å². The maximum Gasteiger partial charge on any atom is 0.0361 e. The van der Waals surface area contributed by atoms with Gasteiger partial charge in [0.2, 0.25) is 0 Å². The molecule has 0 saturated heterocycles. The van der Waals surface area contributed by atoms with E-state index in [1.165, 1.54) is 11.3 Å². The van der Waals surface area contributed by atoms with E-state index >= 15 is 0 Å². The molecule has 1 N–H and O–H groups in total. The largest absolute Gasteiger partial charge is 0.378 e. The van der Waals surface area contributed by atoms with Crippen LogP contribution in [0.4, 0.5) is 5.69 Å². The quantitative estimate of drug-likeness (QED) is 0.572. The van der Waals surface area contributed by atoms with Crippen molar-refractivity contribution >= 4 is 5.69 Å². The number of benzene rings is 1. The molecule has 0 unspecified atom stereocenters. The topological polar surface area (TPSA) is 15.3 Å². The fraction of sp³-hybridized carbons (Fsp3) is 0.467. The second-order valence-corrected chi connectivity index (χ2v) is 4.40. The van der Waals surface area contributed by atoms with Crippen LogP contribution in [0.25, 0.3) is 0 Å². The minimum atomic E-state index is 0.888. The molecule has 0 atom stereocenters.